The molecule has 0 aromatic carbocycles. The fraction of sp³-hybridized carbons (Fsp3) is 0.125. The molecule has 1 radical (unpaired) electrons. The van der Waals surface area contributed by atoms with E-state index >= 15 is 0 Å². The molecule has 1 aromatic rings. The molecule has 0 bridgehead atoms. The SMILES string of the molecule is C#CCn1cc[c]c1C#N. The van der Waals surface area contributed by atoms with Crippen LogP contribution in [0.25, 0.3) is 0 Å². The van der Waals surface area contributed by atoms with E-state index in [4.69, 9.17) is 11.7 Å². The Hall–Kier alpha value is -1.67. The van der Waals surface area contributed by atoms with Crippen LogP contribution < -0.4 is 0 Å². The number of nitrogens with zero attached hydrogens (tertiary/aromatic N) is 2. The minimum absolute atomic E-state index is 0.437. The van der Waals surface area contributed by atoms with Gasteiger partial charge in [-0.2, -0.15) is 5.26 Å². The summed E-state index contributed by atoms with van der Waals surface area (Å²) in [5.41, 5.74) is 0.484. The molecule has 0 fully saturated rings. The van der Waals surface area contributed by atoms with Crippen LogP contribution in [0.1, 0.15) is 5.69 Å². The molecule has 0 atom stereocenters. The predicted octanol–water partition coefficient (Wildman–Crippen LogP) is 0.793. The average Bonchev–Trinajstić information content (AvgIpc) is 2.36. The zero-order chi connectivity index (χ0) is 7.40. The first-order valence-corrected chi connectivity index (χ1v) is 2.79. The molecule has 1 heterocycles. The lowest BCUT2D eigenvalue weighted by Gasteiger charge is -1.94. The van der Waals surface area contributed by atoms with E-state index in [1.165, 1.54) is 0 Å². The first kappa shape index (κ1) is 6.45. The van der Waals surface area contributed by atoms with Crippen LogP contribution in [-0.4, -0.2) is 4.57 Å². The molecule has 0 spiro atoms. The molecule has 0 aliphatic rings. The van der Waals surface area contributed by atoms with Gasteiger partial charge in [0.1, 0.15) is 11.8 Å². The van der Waals surface area contributed by atoms with Crippen molar-refractivity contribution >= 4 is 0 Å². The highest BCUT2D eigenvalue weighted by Crippen LogP contribution is 1.97. The van der Waals surface area contributed by atoms with Crippen LogP contribution in [0.2, 0.25) is 0 Å². The summed E-state index contributed by atoms with van der Waals surface area (Å²) in [4.78, 5) is 0. The fourth-order valence-corrected chi connectivity index (χ4v) is 0.690. The minimum Gasteiger partial charge on any atom is -0.327 e. The van der Waals surface area contributed by atoms with Gasteiger partial charge in [-0.15, -0.1) is 6.42 Å². The molecule has 0 aliphatic heterocycles. The van der Waals surface area contributed by atoms with Gasteiger partial charge in [0.15, 0.2) is 0 Å². The molecule has 1 rings (SSSR count). The molecular formula is C8H5N2. The summed E-state index contributed by atoms with van der Waals surface area (Å²) >= 11 is 0. The maximum atomic E-state index is 8.46. The molecule has 0 amide bonds. The second-order valence-corrected chi connectivity index (χ2v) is 1.75. The van der Waals surface area contributed by atoms with E-state index in [2.05, 4.69) is 12.0 Å². The van der Waals surface area contributed by atoms with Crippen molar-refractivity contribution in [2.45, 2.75) is 6.54 Å². The summed E-state index contributed by atoms with van der Waals surface area (Å²) in [5, 5.41) is 8.46. The molecule has 10 heavy (non-hydrogen) atoms. The molecule has 0 unspecified atom stereocenters. The predicted molar refractivity (Wildman–Crippen MR) is 36.8 cm³/mol. The first-order chi connectivity index (χ1) is 4.88. The monoisotopic (exact) mass is 129 g/mol. The molecular weight excluding hydrogens is 124 g/mol. The summed E-state index contributed by atoms with van der Waals surface area (Å²) in [6.07, 6.45) is 6.78. The van der Waals surface area contributed by atoms with Gasteiger partial charge in [-0.25, -0.2) is 0 Å². The van der Waals surface area contributed by atoms with Crippen molar-refractivity contribution in [2.75, 3.05) is 0 Å². The highest BCUT2D eigenvalue weighted by molar-refractivity contribution is 5.21. The summed E-state index contributed by atoms with van der Waals surface area (Å²) in [6.45, 7) is 0.437. The number of aromatic nitrogens is 1. The molecule has 2 heteroatoms. The lowest BCUT2D eigenvalue weighted by atomic mass is 10.5. The fourth-order valence-electron chi connectivity index (χ4n) is 0.690. The van der Waals surface area contributed by atoms with Gasteiger partial charge in [0, 0.05) is 12.3 Å². The normalized spacial score (nSPS) is 8.20. The van der Waals surface area contributed by atoms with Gasteiger partial charge in [-0.1, -0.05) is 5.92 Å². The van der Waals surface area contributed by atoms with Crippen LogP contribution in [0, 0.1) is 29.7 Å². The standard InChI is InChI=1S/C8H5N2/c1-2-5-10-6-3-4-8(10)7-9/h1,3,6H,5H2. The third-order valence-corrected chi connectivity index (χ3v) is 1.13. The Morgan fingerprint density at radius 1 is 1.80 bits per heavy atom. The number of hydrogen-bond donors (Lipinski definition) is 0. The van der Waals surface area contributed by atoms with E-state index in [-0.39, 0.29) is 0 Å². The number of terminal acetylenes is 1. The van der Waals surface area contributed by atoms with Crippen LogP contribution in [-0.2, 0) is 6.54 Å². The molecule has 0 N–H and O–H groups in total. The van der Waals surface area contributed by atoms with Crippen molar-refractivity contribution in [3.63, 3.8) is 0 Å². The summed E-state index contributed by atoms with van der Waals surface area (Å²) < 4.78 is 1.67. The van der Waals surface area contributed by atoms with Crippen LogP contribution in [0.5, 0.6) is 0 Å². The van der Waals surface area contributed by atoms with Crippen LogP contribution in [0.15, 0.2) is 12.3 Å². The Morgan fingerprint density at radius 3 is 3.20 bits per heavy atom. The maximum Gasteiger partial charge on any atom is 0.129 e. The van der Waals surface area contributed by atoms with Gasteiger partial charge in [-0.05, 0) is 6.07 Å². The van der Waals surface area contributed by atoms with E-state index in [0.29, 0.717) is 12.2 Å². The van der Waals surface area contributed by atoms with Crippen LogP contribution in [0.3, 0.4) is 0 Å². The highest BCUT2D eigenvalue weighted by Gasteiger charge is 1.95. The van der Waals surface area contributed by atoms with E-state index in [0.717, 1.165) is 0 Å². The molecule has 0 saturated heterocycles. The maximum absolute atomic E-state index is 8.46. The van der Waals surface area contributed by atoms with Gasteiger partial charge in [0.25, 0.3) is 0 Å². The van der Waals surface area contributed by atoms with Crippen molar-refractivity contribution < 1.29 is 0 Å². The minimum atomic E-state index is 0.437. The quantitative estimate of drug-likeness (QED) is 0.515. The van der Waals surface area contributed by atoms with Gasteiger partial charge >= 0.3 is 0 Å². The first-order valence-electron chi connectivity index (χ1n) is 2.79. The highest BCUT2D eigenvalue weighted by atomic mass is 14.9. The Bertz CT molecular complexity index is 296. The van der Waals surface area contributed by atoms with Gasteiger partial charge in [0.2, 0.25) is 0 Å². The topological polar surface area (TPSA) is 28.7 Å². The average molecular weight is 129 g/mol. The largest absolute Gasteiger partial charge is 0.327 e. The number of nitriles is 1. The smallest absolute Gasteiger partial charge is 0.129 e. The number of rotatable bonds is 1. The summed E-state index contributed by atoms with van der Waals surface area (Å²) in [5.74, 6) is 2.44. The Kier molecular flexibility index (Phi) is 1.78. The van der Waals surface area contributed by atoms with Gasteiger partial charge in [-0.3, -0.25) is 0 Å². The summed E-state index contributed by atoms with van der Waals surface area (Å²) in [6, 6.07) is 6.40. The van der Waals surface area contributed by atoms with Gasteiger partial charge in [0.05, 0.1) is 6.54 Å². The zero-order valence-corrected chi connectivity index (χ0v) is 5.33. The second-order valence-electron chi connectivity index (χ2n) is 1.75. The van der Waals surface area contributed by atoms with E-state index in [1.54, 1.807) is 16.8 Å². The molecule has 0 saturated carbocycles. The van der Waals surface area contributed by atoms with Gasteiger partial charge < -0.3 is 4.57 Å². The van der Waals surface area contributed by atoms with Crippen molar-refractivity contribution in [2.24, 2.45) is 0 Å². The van der Waals surface area contributed by atoms with Crippen LogP contribution >= 0.6 is 0 Å². The zero-order valence-electron chi connectivity index (χ0n) is 5.33. The van der Waals surface area contributed by atoms with Crippen molar-refractivity contribution in [3.8, 4) is 18.4 Å². The van der Waals surface area contributed by atoms with E-state index in [9.17, 15) is 0 Å². The Balaban J connectivity index is 2.96. The van der Waals surface area contributed by atoms with Crippen LogP contribution in [0.4, 0.5) is 0 Å². The Morgan fingerprint density at radius 2 is 2.60 bits per heavy atom. The lowest BCUT2D eigenvalue weighted by molar-refractivity contribution is 0.835. The van der Waals surface area contributed by atoms with E-state index in [1.807, 2.05) is 6.07 Å². The van der Waals surface area contributed by atoms with Crippen molar-refractivity contribution in [3.05, 3.63) is 24.0 Å². The van der Waals surface area contributed by atoms with E-state index < -0.39 is 0 Å². The number of hydrogen-bond acceptors (Lipinski definition) is 1. The molecule has 2 nitrogen and oxygen atoms in total. The third kappa shape index (κ3) is 1.01. The Labute approximate surface area is 59.7 Å². The third-order valence-electron chi connectivity index (χ3n) is 1.13. The lowest BCUT2D eigenvalue weighted by Crippen LogP contribution is -1.95. The molecule has 1 aromatic heterocycles. The van der Waals surface area contributed by atoms with Crippen molar-refractivity contribution in [1.29, 1.82) is 5.26 Å². The molecule has 47 valence electrons. The second kappa shape index (κ2) is 2.75. The van der Waals surface area contributed by atoms with Crippen molar-refractivity contribution in [1.82, 2.24) is 4.57 Å². The molecule has 0 aliphatic carbocycles. The summed E-state index contributed by atoms with van der Waals surface area (Å²) in [7, 11) is 0.